The van der Waals surface area contributed by atoms with E-state index in [2.05, 4.69) is 38.1 Å². The van der Waals surface area contributed by atoms with Crippen LogP contribution in [0, 0.1) is 24.2 Å². The number of halogens is 1. The molecule has 0 saturated heterocycles. The zero-order valence-electron chi connectivity index (χ0n) is 16.4. The Kier molecular flexibility index (Phi) is 7.27. The topological polar surface area (TPSA) is 20.2 Å². The molecule has 1 aromatic heterocycles. The Bertz CT molecular complexity index is 583. The van der Waals surface area contributed by atoms with Crippen LogP contribution in [0.5, 0.6) is 0 Å². The highest BCUT2D eigenvalue weighted by Crippen LogP contribution is 2.48. The molecule has 0 amide bonds. The van der Waals surface area contributed by atoms with Crippen molar-refractivity contribution < 1.29 is 5.11 Å². The number of aliphatic hydroxyl groups is 1. The van der Waals surface area contributed by atoms with Gasteiger partial charge in [0.1, 0.15) is 0 Å². The van der Waals surface area contributed by atoms with Crippen LogP contribution in [0.3, 0.4) is 0 Å². The van der Waals surface area contributed by atoms with E-state index in [0.717, 1.165) is 25.2 Å². The molecular formula is C23H35ClOS. The lowest BCUT2D eigenvalue weighted by molar-refractivity contribution is -0.0355. The zero-order chi connectivity index (χ0) is 18.6. The molecule has 0 spiro atoms. The first-order chi connectivity index (χ1) is 12.5. The van der Waals surface area contributed by atoms with Gasteiger partial charge in [-0.1, -0.05) is 25.5 Å². The van der Waals surface area contributed by atoms with Crippen molar-refractivity contribution in [1.29, 1.82) is 0 Å². The first-order valence-electron chi connectivity index (χ1n) is 10.6. The summed E-state index contributed by atoms with van der Waals surface area (Å²) < 4.78 is 0. The smallest absolute Gasteiger partial charge is 0.0630 e. The Morgan fingerprint density at radius 3 is 2.77 bits per heavy atom. The van der Waals surface area contributed by atoms with E-state index in [1.807, 2.05) is 11.3 Å². The second kappa shape index (κ2) is 9.26. The molecule has 0 radical (unpaired) electrons. The van der Waals surface area contributed by atoms with Gasteiger partial charge in [0, 0.05) is 15.1 Å². The molecule has 2 aliphatic carbocycles. The molecule has 1 nitrogen and oxygen atoms in total. The first-order valence-corrected chi connectivity index (χ1v) is 11.8. The fourth-order valence-electron chi connectivity index (χ4n) is 4.99. The minimum Gasteiger partial charge on any atom is -0.392 e. The lowest BCUT2D eigenvalue weighted by atomic mass is 9.63. The fraction of sp³-hybridized carbons (Fsp3) is 0.739. The highest BCUT2D eigenvalue weighted by Gasteiger charge is 2.41. The summed E-state index contributed by atoms with van der Waals surface area (Å²) in [6.45, 7) is 4.41. The maximum atomic E-state index is 10.6. The van der Waals surface area contributed by atoms with Crippen LogP contribution in [-0.2, 0) is 6.42 Å². The normalized spacial score (nSPS) is 29.2. The molecule has 1 N–H and O–H groups in total. The van der Waals surface area contributed by atoms with Gasteiger partial charge in [-0.2, -0.15) is 0 Å². The van der Waals surface area contributed by atoms with Crippen LogP contribution in [0.4, 0.5) is 0 Å². The van der Waals surface area contributed by atoms with Gasteiger partial charge in [-0.05, 0) is 94.1 Å². The standard InChI is InChI=1S/C23H35ClOS/c1-3-23(15-6-16-23)22(25)10-5-9-20-18(12-14-21(20)24)7-4-8-19-13-11-17(2)26-19/h5,9,11,13,18,20-22,25H,3-4,6-8,10,12,14-16H2,1-2H3/b9-5+/t18-,20?,21+,22?/m0/s1. The van der Waals surface area contributed by atoms with Gasteiger partial charge in [0.05, 0.1) is 6.10 Å². The van der Waals surface area contributed by atoms with Crippen LogP contribution in [0.25, 0.3) is 0 Å². The largest absolute Gasteiger partial charge is 0.392 e. The number of alkyl halides is 1. The third-order valence-electron chi connectivity index (χ3n) is 7.05. The molecule has 2 unspecified atom stereocenters. The molecule has 146 valence electrons. The molecule has 1 aromatic rings. The van der Waals surface area contributed by atoms with Crippen molar-refractivity contribution in [1.82, 2.24) is 0 Å². The molecule has 3 heteroatoms. The molecule has 4 atom stereocenters. The van der Waals surface area contributed by atoms with Crippen LogP contribution in [-0.4, -0.2) is 16.6 Å². The van der Waals surface area contributed by atoms with Crippen LogP contribution in [0.2, 0.25) is 0 Å². The molecule has 2 aliphatic rings. The number of aryl methyl sites for hydroxylation is 2. The number of hydrogen-bond donors (Lipinski definition) is 1. The molecule has 0 aliphatic heterocycles. The van der Waals surface area contributed by atoms with E-state index in [1.165, 1.54) is 54.7 Å². The summed E-state index contributed by atoms with van der Waals surface area (Å²) in [7, 11) is 0. The molecule has 0 bridgehead atoms. The molecule has 3 rings (SSSR count). The molecular weight excluding hydrogens is 360 g/mol. The maximum Gasteiger partial charge on any atom is 0.0630 e. The Balaban J connectivity index is 1.47. The van der Waals surface area contributed by atoms with Gasteiger partial charge in [-0.3, -0.25) is 0 Å². The average molecular weight is 395 g/mol. The Labute approximate surface area is 168 Å². The summed E-state index contributed by atoms with van der Waals surface area (Å²) in [6, 6.07) is 4.51. The minimum absolute atomic E-state index is 0.173. The van der Waals surface area contributed by atoms with E-state index in [1.54, 1.807) is 0 Å². The summed E-state index contributed by atoms with van der Waals surface area (Å²) in [5.74, 6) is 1.21. The SMILES string of the molecule is CCC1(C(O)C/C=C/C2[C@@H](CCCc3ccc(C)s3)CC[C@H]2Cl)CCC1. The fourth-order valence-corrected chi connectivity index (χ4v) is 6.34. The number of thiophene rings is 1. The second-order valence-electron chi connectivity index (χ2n) is 8.58. The quantitative estimate of drug-likeness (QED) is 0.356. The van der Waals surface area contributed by atoms with Gasteiger partial charge >= 0.3 is 0 Å². The Morgan fingerprint density at radius 1 is 1.35 bits per heavy atom. The van der Waals surface area contributed by atoms with Gasteiger partial charge in [0.2, 0.25) is 0 Å². The van der Waals surface area contributed by atoms with E-state index in [0.29, 0.717) is 5.92 Å². The third-order valence-corrected chi connectivity index (χ3v) is 8.62. The van der Waals surface area contributed by atoms with E-state index < -0.39 is 0 Å². The number of hydrogen-bond acceptors (Lipinski definition) is 2. The Hall–Kier alpha value is -0.310. The number of allylic oxidation sites excluding steroid dienone is 1. The molecule has 0 aromatic carbocycles. The van der Waals surface area contributed by atoms with Crippen molar-refractivity contribution in [3.63, 3.8) is 0 Å². The molecule has 2 fully saturated rings. The summed E-state index contributed by atoms with van der Waals surface area (Å²) in [5, 5.41) is 10.9. The van der Waals surface area contributed by atoms with E-state index in [-0.39, 0.29) is 16.9 Å². The third kappa shape index (κ3) is 4.75. The summed E-state index contributed by atoms with van der Waals surface area (Å²) in [4.78, 5) is 2.93. The summed E-state index contributed by atoms with van der Waals surface area (Å²) >= 11 is 8.56. The maximum absolute atomic E-state index is 10.6. The van der Waals surface area contributed by atoms with E-state index in [9.17, 15) is 5.11 Å². The summed E-state index contributed by atoms with van der Waals surface area (Å²) in [6.07, 6.45) is 16.1. The lowest BCUT2D eigenvalue weighted by Gasteiger charge is -2.45. The zero-order valence-corrected chi connectivity index (χ0v) is 18.0. The van der Waals surface area contributed by atoms with E-state index in [4.69, 9.17) is 11.6 Å². The monoisotopic (exact) mass is 394 g/mol. The Morgan fingerprint density at radius 2 is 2.15 bits per heavy atom. The highest BCUT2D eigenvalue weighted by atomic mass is 35.5. The van der Waals surface area contributed by atoms with Crippen molar-refractivity contribution in [2.24, 2.45) is 17.3 Å². The van der Waals surface area contributed by atoms with Gasteiger partial charge in [0.25, 0.3) is 0 Å². The second-order valence-corrected chi connectivity index (χ2v) is 10.5. The minimum atomic E-state index is -0.173. The van der Waals surface area contributed by atoms with Gasteiger partial charge < -0.3 is 5.11 Å². The van der Waals surface area contributed by atoms with Crippen LogP contribution in [0.1, 0.15) is 74.5 Å². The molecule has 26 heavy (non-hydrogen) atoms. The first kappa shape index (κ1) is 20.4. The van der Waals surface area contributed by atoms with Crippen LogP contribution < -0.4 is 0 Å². The molecule has 1 heterocycles. The molecule has 2 saturated carbocycles. The van der Waals surface area contributed by atoms with Gasteiger partial charge in [-0.15, -0.1) is 22.9 Å². The lowest BCUT2D eigenvalue weighted by Crippen LogP contribution is -2.40. The van der Waals surface area contributed by atoms with Gasteiger partial charge in [0.15, 0.2) is 0 Å². The van der Waals surface area contributed by atoms with E-state index >= 15 is 0 Å². The van der Waals surface area contributed by atoms with Crippen molar-refractivity contribution in [3.8, 4) is 0 Å². The van der Waals surface area contributed by atoms with Crippen molar-refractivity contribution in [2.75, 3.05) is 0 Å². The summed E-state index contributed by atoms with van der Waals surface area (Å²) in [5.41, 5.74) is 0.207. The predicted octanol–water partition coefficient (Wildman–Crippen LogP) is 6.90. The average Bonchev–Trinajstić information content (AvgIpc) is 3.14. The highest BCUT2D eigenvalue weighted by molar-refractivity contribution is 7.11. The van der Waals surface area contributed by atoms with Crippen molar-refractivity contribution in [3.05, 3.63) is 34.0 Å². The predicted molar refractivity (Wildman–Crippen MR) is 114 cm³/mol. The number of rotatable bonds is 9. The van der Waals surface area contributed by atoms with Crippen LogP contribution >= 0.6 is 22.9 Å². The van der Waals surface area contributed by atoms with Crippen molar-refractivity contribution >= 4 is 22.9 Å². The van der Waals surface area contributed by atoms with Gasteiger partial charge in [-0.25, -0.2) is 0 Å². The van der Waals surface area contributed by atoms with Crippen molar-refractivity contribution in [2.45, 2.75) is 89.5 Å². The van der Waals surface area contributed by atoms with Crippen LogP contribution in [0.15, 0.2) is 24.3 Å². The number of aliphatic hydroxyl groups excluding tert-OH is 1.